The monoisotopic (exact) mass is 313 g/mol. The minimum absolute atomic E-state index is 0. The Labute approximate surface area is 132 Å². The molecule has 0 aromatic heterocycles. The number of carbonyl (C=O) groups is 2. The molecule has 5 nitrogen and oxygen atoms in total. The highest BCUT2D eigenvalue weighted by Crippen LogP contribution is 2.32. The summed E-state index contributed by atoms with van der Waals surface area (Å²) < 4.78 is 0. The van der Waals surface area contributed by atoms with Crippen LogP contribution in [0.1, 0.15) is 32.4 Å². The third-order valence-corrected chi connectivity index (χ3v) is 2.94. The van der Waals surface area contributed by atoms with Crippen LogP contribution < -0.4 is 16.4 Å². The molecule has 1 unspecified atom stereocenters. The summed E-state index contributed by atoms with van der Waals surface area (Å²) in [6.07, 6.45) is 0. The molecule has 0 spiro atoms. The summed E-state index contributed by atoms with van der Waals surface area (Å²) in [6, 6.07) is 9.66. The first-order chi connectivity index (χ1) is 9.34. The van der Waals surface area contributed by atoms with Crippen LogP contribution in [0.3, 0.4) is 0 Å². The molecule has 0 heterocycles. The molecule has 2 amide bonds. The van der Waals surface area contributed by atoms with E-state index < -0.39 is 0 Å². The number of hydrogen-bond donors (Lipinski definition) is 3. The Kier molecular flexibility index (Phi) is 7.99. The molecule has 0 aliphatic heterocycles. The molecule has 0 saturated heterocycles. The molecule has 4 N–H and O–H groups in total. The van der Waals surface area contributed by atoms with E-state index in [0.29, 0.717) is 0 Å². The normalized spacial score (nSPS) is 12.0. The molecule has 118 valence electrons. The molecule has 21 heavy (non-hydrogen) atoms. The molecular weight excluding hydrogens is 290 g/mol. The molecule has 0 saturated carbocycles. The highest BCUT2D eigenvalue weighted by molar-refractivity contribution is 5.86. The van der Waals surface area contributed by atoms with Crippen LogP contribution in [0.15, 0.2) is 30.3 Å². The van der Waals surface area contributed by atoms with Gasteiger partial charge in [0, 0.05) is 0 Å². The van der Waals surface area contributed by atoms with Crippen molar-refractivity contribution in [2.45, 2.75) is 26.8 Å². The molecule has 1 atom stereocenters. The minimum atomic E-state index is -0.341. The fraction of sp³-hybridized carbons (Fsp3) is 0.467. The van der Waals surface area contributed by atoms with Gasteiger partial charge in [-0.3, -0.25) is 9.59 Å². The second kappa shape index (κ2) is 8.64. The van der Waals surface area contributed by atoms with Gasteiger partial charge in [0.15, 0.2) is 0 Å². The summed E-state index contributed by atoms with van der Waals surface area (Å²) in [7, 11) is 0. The van der Waals surface area contributed by atoms with Gasteiger partial charge in [-0.15, -0.1) is 12.4 Å². The molecule has 6 heteroatoms. The molecule has 0 bridgehead atoms. The Morgan fingerprint density at radius 3 is 2.19 bits per heavy atom. The number of amides is 2. The van der Waals surface area contributed by atoms with Crippen molar-refractivity contribution in [3.05, 3.63) is 35.9 Å². The highest BCUT2D eigenvalue weighted by atomic mass is 35.5. The third kappa shape index (κ3) is 6.60. The summed E-state index contributed by atoms with van der Waals surface area (Å²) in [5.41, 5.74) is 6.09. The Morgan fingerprint density at radius 1 is 1.14 bits per heavy atom. The van der Waals surface area contributed by atoms with Gasteiger partial charge in [0.2, 0.25) is 11.8 Å². The van der Waals surface area contributed by atoms with Crippen molar-refractivity contribution >= 4 is 24.2 Å². The molecular formula is C15H24ClN3O2. The highest BCUT2D eigenvalue weighted by Gasteiger charge is 2.27. The van der Waals surface area contributed by atoms with E-state index in [1.54, 1.807) is 0 Å². The van der Waals surface area contributed by atoms with E-state index in [0.717, 1.165) is 5.56 Å². The quantitative estimate of drug-likeness (QED) is 0.768. The van der Waals surface area contributed by atoms with Crippen LogP contribution >= 0.6 is 12.4 Å². The zero-order valence-corrected chi connectivity index (χ0v) is 13.5. The van der Waals surface area contributed by atoms with Gasteiger partial charge < -0.3 is 16.4 Å². The Balaban J connectivity index is 0.00000400. The number of nitrogens with one attached hydrogen (secondary N) is 2. The van der Waals surface area contributed by atoms with Gasteiger partial charge in [-0.05, 0) is 11.0 Å². The number of benzene rings is 1. The van der Waals surface area contributed by atoms with Gasteiger partial charge in [0.05, 0.1) is 19.1 Å². The molecule has 1 rings (SSSR count). The molecule has 0 radical (unpaired) electrons. The SMILES string of the molecule is CC(C)(C)C(NC(=O)CNC(=O)CN)c1ccccc1.Cl. The van der Waals surface area contributed by atoms with Crippen molar-refractivity contribution in [1.29, 1.82) is 0 Å². The molecule has 0 fully saturated rings. The zero-order valence-electron chi connectivity index (χ0n) is 12.7. The van der Waals surface area contributed by atoms with E-state index >= 15 is 0 Å². The van der Waals surface area contributed by atoms with E-state index in [9.17, 15) is 9.59 Å². The third-order valence-electron chi connectivity index (χ3n) is 2.94. The number of halogens is 1. The lowest BCUT2D eigenvalue weighted by Gasteiger charge is -2.32. The van der Waals surface area contributed by atoms with Crippen LogP contribution in [0.2, 0.25) is 0 Å². The molecule has 0 aliphatic rings. The lowest BCUT2D eigenvalue weighted by Crippen LogP contribution is -2.43. The van der Waals surface area contributed by atoms with Crippen molar-refractivity contribution in [1.82, 2.24) is 10.6 Å². The standard InChI is InChI=1S/C15H23N3O2.ClH/c1-15(2,3)14(11-7-5-4-6-8-11)18-13(20)10-17-12(19)9-16;/h4-8,14H,9-10,16H2,1-3H3,(H,17,19)(H,18,20);1H. The number of nitrogens with two attached hydrogens (primary N) is 1. The van der Waals surface area contributed by atoms with E-state index in [1.807, 2.05) is 30.3 Å². The molecule has 1 aromatic carbocycles. The number of hydrogen-bond acceptors (Lipinski definition) is 3. The summed E-state index contributed by atoms with van der Waals surface area (Å²) >= 11 is 0. The number of rotatable bonds is 5. The van der Waals surface area contributed by atoms with Crippen molar-refractivity contribution in [2.24, 2.45) is 11.1 Å². The van der Waals surface area contributed by atoms with Gasteiger partial charge in [-0.2, -0.15) is 0 Å². The van der Waals surface area contributed by atoms with Crippen LogP contribution in [0.4, 0.5) is 0 Å². The van der Waals surface area contributed by atoms with Crippen LogP contribution in [0.25, 0.3) is 0 Å². The second-order valence-electron chi connectivity index (χ2n) is 5.76. The first kappa shape index (κ1) is 19.4. The maximum atomic E-state index is 11.9. The van der Waals surface area contributed by atoms with Crippen molar-refractivity contribution in [2.75, 3.05) is 13.1 Å². The predicted molar refractivity (Wildman–Crippen MR) is 86.1 cm³/mol. The average Bonchev–Trinajstić information content (AvgIpc) is 2.41. The second-order valence-corrected chi connectivity index (χ2v) is 5.76. The smallest absolute Gasteiger partial charge is 0.239 e. The van der Waals surface area contributed by atoms with Crippen molar-refractivity contribution in [3.8, 4) is 0 Å². The van der Waals surface area contributed by atoms with Crippen LogP contribution in [0.5, 0.6) is 0 Å². The van der Waals surface area contributed by atoms with E-state index in [-0.39, 0.29) is 48.8 Å². The average molecular weight is 314 g/mol. The number of carbonyl (C=O) groups excluding carboxylic acids is 2. The summed E-state index contributed by atoms with van der Waals surface area (Å²) in [5.74, 6) is -0.567. The van der Waals surface area contributed by atoms with Crippen LogP contribution in [-0.2, 0) is 9.59 Å². The van der Waals surface area contributed by atoms with E-state index in [4.69, 9.17) is 5.73 Å². The Morgan fingerprint density at radius 2 is 1.71 bits per heavy atom. The van der Waals surface area contributed by atoms with Crippen LogP contribution in [0, 0.1) is 5.41 Å². The lowest BCUT2D eigenvalue weighted by molar-refractivity contribution is -0.126. The van der Waals surface area contributed by atoms with Gasteiger partial charge >= 0.3 is 0 Å². The summed E-state index contributed by atoms with van der Waals surface area (Å²) in [6.45, 7) is 6.00. The lowest BCUT2D eigenvalue weighted by atomic mass is 9.82. The Hall–Kier alpha value is -1.59. The maximum absolute atomic E-state index is 11.9. The minimum Gasteiger partial charge on any atom is -0.347 e. The van der Waals surface area contributed by atoms with Crippen molar-refractivity contribution in [3.63, 3.8) is 0 Å². The fourth-order valence-electron chi connectivity index (χ4n) is 1.91. The van der Waals surface area contributed by atoms with Gasteiger partial charge in [0.25, 0.3) is 0 Å². The van der Waals surface area contributed by atoms with Gasteiger partial charge in [-0.1, -0.05) is 51.1 Å². The summed E-state index contributed by atoms with van der Waals surface area (Å²) in [5, 5.41) is 5.42. The zero-order chi connectivity index (χ0) is 15.2. The molecule has 1 aromatic rings. The topological polar surface area (TPSA) is 84.2 Å². The first-order valence-corrected chi connectivity index (χ1v) is 6.65. The molecule has 0 aliphatic carbocycles. The van der Waals surface area contributed by atoms with Crippen LogP contribution in [-0.4, -0.2) is 24.9 Å². The first-order valence-electron chi connectivity index (χ1n) is 6.65. The van der Waals surface area contributed by atoms with Gasteiger partial charge in [-0.25, -0.2) is 0 Å². The van der Waals surface area contributed by atoms with Crippen molar-refractivity contribution < 1.29 is 9.59 Å². The van der Waals surface area contributed by atoms with E-state index in [1.165, 1.54) is 0 Å². The predicted octanol–water partition coefficient (Wildman–Crippen LogP) is 1.39. The maximum Gasteiger partial charge on any atom is 0.239 e. The van der Waals surface area contributed by atoms with Gasteiger partial charge in [0.1, 0.15) is 0 Å². The summed E-state index contributed by atoms with van der Waals surface area (Å²) in [4.78, 5) is 23.0. The largest absolute Gasteiger partial charge is 0.347 e. The Bertz CT molecular complexity index is 458. The van der Waals surface area contributed by atoms with E-state index in [2.05, 4.69) is 31.4 Å². The fourth-order valence-corrected chi connectivity index (χ4v) is 1.91.